The topological polar surface area (TPSA) is 6.48 Å². The third kappa shape index (κ3) is 4.45. The number of hydrogen-bond acceptors (Lipinski definition) is 2. The average molecular weight is 370 g/mol. The second-order valence-corrected chi connectivity index (χ2v) is 7.81. The van der Waals surface area contributed by atoms with Gasteiger partial charge in [-0.05, 0) is 49.2 Å². The second kappa shape index (κ2) is 8.32. The van der Waals surface area contributed by atoms with Crippen LogP contribution in [0, 0.1) is 17.6 Å². The minimum Gasteiger partial charge on any atom is -0.291 e. The molecular formula is C23H28F2N2. The molecule has 1 aliphatic heterocycles. The average Bonchev–Trinajstić information content (AvgIpc) is 3.08. The van der Waals surface area contributed by atoms with E-state index in [-0.39, 0.29) is 18.0 Å². The maximum absolute atomic E-state index is 14.4. The zero-order valence-electron chi connectivity index (χ0n) is 16.5. The molecule has 1 heterocycles. The van der Waals surface area contributed by atoms with Gasteiger partial charge in [-0.2, -0.15) is 0 Å². The van der Waals surface area contributed by atoms with E-state index in [4.69, 9.17) is 0 Å². The Morgan fingerprint density at radius 1 is 1.07 bits per heavy atom. The van der Waals surface area contributed by atoms with Crippen LogP contribution in [0.1, 0.15) is 37.9 Å². The molecule has 2 nitrogen and oxygen atoms in total. The van der Waals surface area contributed by atoms with Crippen LogP contribution in [0.15, 0.2) is 54.6 Å². The van der Waals surface area contributed by atoms with Crippen molar-refractivity contribution in [1.29, 1.82) is 0 Å². The van der Waals surface area contributed by atoms with Gasteiger partial charge in [0.1, 0.15) is 11.6 Å². The van der Waals surface area contributed by atoms with Gasteiger partial charge < -0.3 is 0 Å². The second-order valence-electron chi connectivity index (χ2n) is 7.81. The minimum absolute atomic E-state index is 0.0356. The predicted octanol–water partition coefficient (Wildman–Crippen LogP) is 5.34. The number of rotatable bonds is 6. The summed E-state index contributed by atoms with van der Waals surface area (Å²) >= 11 is 0. The SMILES string of the molecule is CC(C)CN(C)C(C)N1CC(c2cc(F)ccc2F)=CC1c1ccccc1. The van der Waals surface area contributed by atoms with E-state index < -0.39 is 5.82 Å². The van der Waals surface area contributed by atoms with Crippen LogP contribution in [-0.2, 0) is 0 Å². The highest BCUT2D eigenvalue weighted by atomic mass is 19.1. The van der Waals surface area contributed by atoms with Crippen LogP contribution < -0.4 is 0 Å². The first-order valence-electron chi connectivity index (χ1n) is 9.54. The van der Waals surface area contributed by atoms with Gasteiger partial charge in [0.05, 0.1) is 12.2 Å². The zero-order chi connectivity index (χ0) is 19.6. The van der Waals surface area contributed by atoms with Crippen molar-refractivity contribution in [2.24, 2.45) is 5.92 Å². The third-order valence-corrected chi connectivity index (χ3v) is 5.26. The normalized spacial score (nSPS) is 19.0. The molecule has 27 heavy (non-hydrogen) atoms. The highest BCUT2D eigenvalue weighted by Gasteiger charge is 2.33. The van der Waals surface area contributed by atoms with Crippen molar-refractivity contribution in [3.05, 3.63) is 77.4 Å². The summed E-state index contributed by atoms with van der Waals surface area (Å²) in [4.78, 5) is 4.66. The molecule has 2 aromatic rings. The van der Waals surface area contributed by atoms with E-state index in [1.807, 2.05) is 18.2 Å². The van der Waals surface area contributed by atoms with Gasteiger partial charge in [0.15, 0.2) is 0 Å². The Labute approximate surface area is 161 Å². The summed E-state index contributed by atoms with van der Waals surface area (Å²) < 4.78 is 28.1. The molecule has 0 fully saturated rings. The summed E-state index contributed by atoms with van der Waals surface area (Å²) in [6.45, 7) is 8.14. The fraction of sp³-hybridized carbons (Fsp3) is 0.391. The zero-order valence-corrected chi connectivity index (χ0v) is 16.5. The van der Waals surface area contributed by atoms with Gasteiger partial charge in [0, 0.05) is 18.7 Å². The maximum atomic E-state index is 14.4. The number of nitrogens with zero attached hydrogens (tertiary/aromatic N) is 2. The number of benzene rings is 2. The summed E-state index contributed by atoms with van der Waals surface area (Å²) in [5.41, 5.74) is 2.36. The molecule has 0 radical (unpaired) electrons. The standard InChI is InChI=1S/C23H28F2N2/c1-16(2)14-26(4)17(3)27-15-19(21-13-20(24)10-11-22(21)25)12-23(27)18-8-6-5-7-9-18/h5-13,16-17,23H,14-15H2,1-4H3. The Morgan fingerprint density at radius 2 is 1.78 bits per heavy atom. The van der Waals surface area contributed by atoms with Crippen molar-refractivity contribution in [2.45, 2.75) is 33.0 Å². The van der Waals surface area contributed by atoms with E-state index in [2.05, 4.69) is 55.8 Å². The molecule has 2 unspecified atom stereocenters. The molecular weight excluding hydrogens is 342 g/mol. The molecule has 0 spiro atoms. The van der Waals surface area contributed by atoms with E-state index in [0.717, 1.165) is 17.7 Å². The summed E-state index contributed by atoms with van der Waals surface area (Å²) in [6, 6.07) is 13.9. The van der Waals surface area contributed by atoms with Crippen LogP contribution in [0.5, 0.6) is 0 Å². The Hall–Kier alpha value is -2.04. The lowest BCUT2D eigenvalue weighted by atomic mass is 10.0. The molecule has 0 aliphatic carbocycles. The first-order valence-corrected chi connectivity index (χ1v) is 9.54. The molecule has 3 rings (SSSR count). The van der Waals surface area contributed by atoms with E-state index in [9.17, 15) is 8.78 Å². The summed E-state index contributed by atoms with van der Waals surface area (Å²) in [6.07, 6.45) is 2.25. The van der Waals surface area contributed by atoms with Crippen molar-refractivity contribution in [2.75, 3.05) is 20.1 Å². The highest BCUT2D eigenvalue weighted by Crippen LogP contribution is 2.37. The van der Waals surface area contributed by atoms with Crippen LogP contribution in [0.25, 0.3) is 5.57 Å². The van der Waals surface area contributed by atoms with E-state index in [0.29, 0.717) is 18.0 Å². The van der Waals surface area contributed by atoms with E-state index >= 15 is 0 Å². The van der Waals surface area contributed by atoms with Crippen molar-refractivity contribution < 1.29 is 8.78 Å². The summed E-state index contributed by atoms with van der Waals surface area (Å²) in [7, 11) is 2.12. The Kier molecular flexibility index (Phi) is 6.08. The van der Waals surface area contributed by atoms with Gasteiger partial charge in [0.2, 0.25) is 0 Å². The first kappa shape index (κ1) is 19.7. The summed E-state index contributed by atoms with van der Waals surface area (Å²) in [5.74, 6) is -0.227. The Balaban J connectivity index is 1.95. The molecule has 0 bridgehead atoms. The van der Waals surface area contributed by atoms with Crippen molar-refractivity contribution >= 4 is 5.57 Å². The monoisotopic (exact) mass is 370 g/mol. The fourth-order valence-corrected chi connectivity index (χ4v) is 3.84. The molecule has 2 aromatic carbocycles. The Bertz CT molecular complexity index is 801. The van der Waals surface area contributed by atoms with Crippen LogP contribution in [0.2, 0.25) is 0 Å². The van der Waals surface area contributed by atoms with Gasteiger partial charge in [0.25, 0.3) is 0 Å². The van der Waals surface area contributed by atoms with Crippen molar-refractivity contribution in [3.63, 3.8) is 0 Å². The van der Waals surface area contributed by atoms with Gasteiger partial charge in [-0.1, -0.05) is 50.3 Å². The maximum Gasteiger partial charge on any atom is 0.130 e. The third-order valence-electron chi connectivity index (χ3n) is 5.26. The molecule has 144 valence electrons. The van der Waals surface area contributed by atoms with E-state index in [1.54, 1.807) is 0 Å². The molecule has 0 aromatic heterocycles. The number of hydrogen-bond donors (Lipinski definition) is 0. The highest BCUT2D eigenvalue weighted by molar-refractivity contribution is 5.70. The predicted molar refractivity (Wildman–Crippen MR) is 107 cm³/mol. The van der Waals surface area contributed by atoms with Crippen LogP contribution >= 0.6 is 0 Å². The van der Waals surface area contributed by atoms with Gasteiger partial charge in [-0.15, -0.1) is 0 Å². The number of halogens is 2. The lowest BCUT2D eigenvalue weighted by molar-refractivity contribution is 0.0638. The lowest BCUT2D eigenvalue weighted by Gasteiger charge is -2.37. The van der Waals surface area contributed by atoms with Gasteiger partial charge >= 0.3 is 0 Å². The Morgan fingerprint density at radius 3 is 2.44 bits per heavy atom. The first-order chi connectivity index (χ1) is 12.9. The quantitative estimate of drug-likeness (QED) is 0.677. The van der Waals surface area contributed by atoms with Gasteiger partial charge in [-0.3, -0.25) is 9.80 Å². The fourth-order valence-electron chi connectivity index (χ4n) is 3.84. The molecule has 4 heteroatoms. The summed E-state index contributed by atoms with van der Waals surface area (Å²) in [5, 5.41) is 0. The smallest absolute Gasteiger partial charge is 0.130 e. The largest absolute Gasteiger partial charge is 0.291 e. The van der Waals surface area contributed by atoms with Crippen LogP contribution in [0.3, 0.4) is 0 Å². The lowest BCUT2D eigenvalue weighted by Crippen LogP contribution is -2.46. The van der Waals surface area contributed by atoms with Crippen molar-refractivity contribution in [1.82, 2.24) is 9.80 Å². The molecule has 0 N–H and O–H groups in total. The van der Waals surface area contributed by atoms with E-state index in [1.165, 1.54) is 18.2 Å². The van der Waals surface area contributed by atoms with Gasteiger partial charge in [-0.25, -0.2) is 8.78 Å². The van der Waals surface area contributed by atoms with Crippen molar-refractivity contribution in [3.8, 4) is 0 Å². The molecule has 0 amide bonds. The minimum atomic E-state index is -0.410. The molecule has 0 saturated heterocycles. The molecule has 2 atom stereocenters. The van der Waals surface area contributed by atoms with Crippen LogP contribution in [-0.4, -0.2) is 36.1 Å². The molecule has 1 aliphatic rings. The van der Waals surface area contributed by atoms with Crippen LogP contribution in [0.4, 0.5) is 8.78 Å². The molecule has 0 saturated carbocycles.